The fourth-order valence-electron chi connectivity index (χ4n) is 1.81. The van der Waals surface area contributed by atoms with E-state index in [2.05, 4.69) is 18.1 Å². The fourth-order valence-corrected chi connectivity index (χ4v) is 1.81. The highest BCUT2D eigenvalue weighted by molar-refractivity contribution is 5.74. The van der Waals surface area contributed by atoms with E-state index < -0.39 is 0 Å². The second-order valence-electron chi connectivity index (χ2n) is 4.02. The van der Waals surface area contributed by atoms with Gasteiger partial charge in [-0.2, -0.15) is 5.10 Å². The maximum atomic E-state index is 6.01. The Hall–Kier alpha value is -1.81. The summed E-state index contributed by atoms with van der Waals surface area (Å²) in [6.45, 7) is 3.42. The standard InChI is InChI=1S/C13H17N3O/c1-10-3-4-12(14)11(9-10)13-5-6-15-16(13)7-8-17-2/h3-6,9H,7-8,14H2,1-2H3. The molecule has 17 heavy (non-hydrogen) atoms. The number of nitrogens with two attached hydrogens (primary N) is 1. The summed E-state index contributed by atoms with van der Waals surface area (Å²) < 4.78 is 6.98. The number of aryl methyl sites for hydroxylation is 1. The molecule has 1 heterocycles. The van der Waals surface area contributed by atoms with Crippen LogP contribution < -0.4 is 5.73 Å². The van der Waals surface area contributed by atoms with Gasteiger partial charge in [0.15, 0.2) is 0 Å². The predicted octanol–water partition coefficient (Wildman–Crippen LogP) is 2.09. The quantitative estimate of drug-likeness (QED) is 0.820. The van der Waals surface area contributed by atoms with Gasteiger partial charge in [0, 0.05) is 24.6 Å². The van der Waals surface area contributed by atoms with Gasteiger partial charge in [0.05, 0.1) is 18.8 Å². The van der Waals surface area contributed by atoms with Crippen molar-refractivity contribution >= 4 is 5.69 Å². The Bertz CT molecular complexity index is 505. The molecule has 0 bridgehead atoms. The lowest BCUT2D eigenvalue weighted by Crippen LogP contribution is -2.08. The third kappa shape index (κ3) is 2.47. The molecule has 0 amide bonds. The van der Waals surface area contributed by atoms with Gasteiger partial charge < -0.3 is 10.5 Å². The lowest BCUT2D eigenvalue weighted by Gasteiger charge is -2.10. The van der Waals surface area contributed by atoms with Crippen LogP contribution >= 0.6 is 0 Å². The predicted molar refractivity (Wildman–Crippen MR) is 68.7 cm³/mol. The minimum atomic E-state index is 0.639. The van der Waals surface area contributed by atoms with E-state index in [-0.39, 0.29) is 0 Å². The monoisotopic (exact) mass is 231 g/mol. The number of benzene rings is 1. The number of aromatic nitrogens is 2. The van der Waals surface area contributed by atoms with E-state index in [4.69, 9.17) is 10.5 Å². The van der Waals surface area contributed by atoms with Crippen LogP contribution in [-0.4, -0.2) is 23.5 Å². The van der Waals surface area contributed by atoms with Crippen LogP contribution in [-0.2, 0) is 11.3 Å². The molecule has 0 radical (unpaired) electrons. The smallest absolute Gasteiger partial charge is 0.0704 e. The lowest BCUT2D eigenvalue weighted by molar-refractivity contribution is 0.184. The summed E-state index contributed by atoms with van der Waals surface area (Å²) in [4.78, 5) is 0. The van der Waals surface area contributed by atoms with Crippen LogP contribution in [0, 0.1) is 6.92 Å². The molecule has 2 rings (SSSR count). The average Bonchev–Trinajstić information content (AvgIpc) is 2.77. The SMILES string of the molecule is COCCn1nccc1-c1cc(C)ccc1N. The summed E-state index contributed by atoms with van der Waals surface area (Å²) in [5.74, 6) is 0. The van der Waals surface area contributed by atoms with Crippen LogP contribution in [0.15, 0.2) is 30.5 Å². The molecule has 0 aliphatic rings. The minimum Gasteiger partial charge on any atom is -0.398 e. The number of hydrogen-bond acceptors (Lipinski definition) is 3. The first-order valence-electron chi connectivity index (χ1n) is 5.59. The van der Waals surface area contributed by atoms with Crippen molar-refractivity contribution in [3.8, 4) is 11.3 Å². The highest BCUT2D eigenvalue weighted by Gasteiger charge is 2.08. The van der Waals surface area contributed by atoms with E-state index in [1.807, 2.05) is 22.9 Å². The van der Waals surface area contributed by atoms with Gasteiger partial charge in [-0.3, -0.25) is 4.68 Å². The second kappa shape index (κ2) is 5.01. The molecule has 4 nitrogen and oxygen atoms in total. The van der Waals surface area contributed by atoms with Crippen molar-refractivity contribution in [1.82, 2.24) is 9.78 Å². The topological polar surface area (TPSA) is 53.1 Å². The van der Waals surface area contributed by atoms with Crippen molar-refractivity contribution in [3.63, 3.8) is 0 Å². The molecular weight excluding hydrogens is 214 g/mol. The first kappa shape index (κ1) is 11.7. The van der Waals surface area contributed by atoms with E-state index in [0.29, 0.717) is 6.61 Å². The molecule has 0 saturated heterocycles. The molecule has 0 atom stereocenters. The fraction of sp³-hybridized carbons (Fsp3) is 0.308. The number of hydrogen-bond donors (Lipinski definition) is 1. The van der Waals surface area contributed by atoms with Crippen molar-refractivity contribution in [3.05, 3.63) is 36.0 Å². The molecule has 0 aliphatic heterocycles. The zero-order valence-electron chi connectivity index (χ0n) is 10.2. The molecule has 0 unspecified atom stereocenters. The molecule has 0 fully saturated rings. The summed E-state index contributed by atoms with van der Waals surface area (Å²) in [6.07, 6.45) is 1.78. The summed E-state index contributed by atoms with van der Waals surface area (Å²) in [6, 6.07) is 7.99. The van der Waals surface area contributed by atoms with Gasteiger partial charge in [-0.15, -0.1) is 0 Å². The van der Waals surface area contributed by atoms with E-state index in [0.717, 1.165) is 23.5 Å². The van der Waals surface area contributed by atoms with E-state index in [1.54, 1.807) is 13.3 Å². The molecule has 1 aromatic carbocycles. The van der Waals surface area contributed by atoms with Gasteiger partial charge >= 0.3 is 0 Å². The van der Waals surface area contributed by atoms with Gasteiger partial charge in [-0.25, -0.2) is 0 Å². The molecule has 90 valence electrons. The average molecular weight is 231 g/mol. The van der Waals surface area contributed by atoms with Gasteiger partial charge in [0.25, 0.3) is 0 Å². The Morgan fingerprint density at radius 3 is 2.94 bits per heavy atom. The minimum absolute atomic E-state index is 0.639. The van der Waals surface area contributed by atoms with Crippen LogP contribution in [0.5, 0.6) is 0 Å². The third-order valence-electron chi connectivity index (χ3n) is 2.71. The summed E-state index contributed by atoms with van der Waals surface area (Å²) in [7, 11) is 1.68. The molecule has 1 aromatic heterocycles. The van der Waals surface area contributed by atoms with Crippen LogP contribution in [0.25, 0.3) is 11.3 Å². The van der Waals surface area contributed by atoms with Crippen molar-refractivity contribution in [2.45, 2.75) is 13.5 Å². The molecule has 4 heteroatoms. The zero-order chi connectivity index (χ0) is 12.3. The van der Waals surface area contributed by atoms with Crippen LogP contribution in [0.3, 0.4) is 0 Å². The van der Waals surface area contributed by atoms with Crippen molar-refractivity contribution < 1.29 is 4.74 Å². The normalized spacial score (nSPS) is 10.7. The Morgan fingerprint density at radius 2 is 2.18 bits per heavy atom. The second-order valence-corrected chi connectivity index (χ2v) is 4.02. The van der Waals surface area contributed by atoms with Gasteiger partial charge in [-0.05, 0) is 25.1 Å². The molecule has 2 N–H and O–H groups in total. The summed E-state index contributed by atoms with van der Waals surface area (Å²) >= 11 is 0. The van der Waals surface area contributed by atoms with E-state index >= 15 is 0 Å². The largest absolute Gasteiger partial charge is 0.398 e. The number of nitrogen functional groups attached to an aromatic ring is 1. The summed E-state index contributed by atoms with van der Waals surface area (Å²) in [5, 5.41) is 4.28. The Kier molecular flexibility index (Phi) is 3.44. The molecule has 0 spiro atoms. The Balaban J connectivity index is 2.38. The van der Waals surface area contributed by atoms with Crippen LogP contribution in [0.1, 0.15) is 5.56 Å². The highest BCUT2D eigenvalue weighted by Crippen LogP contribution is 2.26. The van der Waals surface area contributed by atoms with Crippen molar-refractivity contribution in [2.24, 2.45) is 0 Å². The first-order chi connectivity index (χ1) is 8.22. The summed E-state index contributed by atoms with van der Waals surface area (Å²) in [5.41, 5.74) is 10.0. The maximum absolute atomic E-state index is 6.01. The lowest BCUT2D eigenvalue weighted by atomic mass is 10.1. The van der Waals surface area contributed by atoms with Gasteiger partial charge in [-0.1, -0.05) is 11.6 Å². The number of nitrogens with zero attached hydrogens (tertiary/aromatic N) is 2. The Labute approximate surface area is 101 Å². The van der Waals surface area contributed by atoms with Crippen molar-refractivity contribution in [2.75, 3.05) is 19.5 Å². The molecular formula is C13H17N3O. The number of methoxy groups -OCH3 is 1. The van der Waals surface area contributed by atoms with Gasteiger partial charge in [0.2, 0.25) is 0 Å². The molecule has 2 aromatic rings. The number of ether oxygens (including phenoxy) is 1. The van der Waals surface area contributed by atoms with E-state index in [9.17, 15) is 0 Å². The zero-order valence-corrected chi connectivity index (χ0v) is 10.2. The number of anilines is 1. The first-order valence-corrected chi connectivity index (χ1v) is 5.59. The third-order valence-corrected chi connectivity index (χ3v) is 2.71. The van der Waals surface area contributed by atoms with Crippen LogP contribution in [0.2, 0.25) is 0 Å². The number of rotatable bonds is 4. The highest BCUT2D eigenvalue weighted by atomic mass is 16.5. The van der Waals surface area contributed by atoms with Crippen LogP contribution in [0.4, 0.5) is 5.69 Å². The van der Waals surface area contributed by atoms with Gasteiger partial charge in [0.1, 0.15) is 0 Å². The molecule has 0 aliphatic carbocycles. The Morgan fingerprint density at radius 1 is 1.35 bits per heavy atom. The van der Waals surface area contributed by atoms with Crippen molar-refractivity contribution in [1.29, 1.82) is 0 Å². The van der Waals surface area contributed by atoms with E-state index in [1.165, 1.54) is 5.56 Å². The molecule has 0 saturated carbocycles. The maximum Gasteiger partial charge on any atom is 0.0704 e.